The van der Waals surface area contributed by atoms with Crippen LogP contribution in [0.1, 0.15) is 18.4 Å². The zero-order valence-corrected chi connectivity index (χ0v) is 19.2. The lowest BCUT2D eigenvalue weighted by molar-refractivity contribution is -0.127. The Bertz CT molecular complexity index is 1170. The van der Waals surface area contributed by atoms with Crippen molar-refractivity contribution in [3.05, 3.63) is 58.4 Å². The second-order valence-electron chi connectivity index (χ2n) is 7.68. The van der Waals surface area contributed by atoms with Crippen LogP contribution in [0.3, 0.4) is 0 Å². The molecule has 1 aromatic heterocycles. The molecule has 1 aliphatic rings. The summed E-state index contributed by atoms with van der Waals surface area (Å²) in [5.74, 6) is 1.69. The van der Waals surface area contributed by atoms with Gasteiger partial charge in [0.05, 0.1) is 30.9 Å². The van der Waals surface area contributed by atoms with Crippen molar-refractivity contribution in [3.8, 4) is 11.5 Å². The molecule has 0 saturated carbocycles. The van der Waals surface area contributed by atoms with E-state index in [2.05, 4.69) is 0 Å². The molecule has 1 fully saturated rings. The molecule has 168 valence electrons. The van der Waals surface area contributed by atoms with Crippen molar-refractivity contribution < 1.29 is 14.3 Å². The molecular formula is C24H27N3O4S. The Hall–Kier alpha value is -3.00. The highest BCUT2D eigenvalue weighted by Crippen LogP contribution is 2.28. The van der Waals surface area contributed by atoms with E-state index in [0.29, 0.717) is 40.5 Å². The number of rotatable bonds is 8. The zero-order chi connectivity index (χ0) is 22.5. The number of thioether (sulfide) groups is 1. The third-order valence-corrected chi connectivity index (χ3v) is 6.64. The summed E-state index contributed by atoms with van der Waals surface area (Å²) in [5.41, 5.74) is 1.58. The lowest BCUT2D eigenvalue weighted by atomic mass is 10.1. The third kappa shape index (κ3) is 4.75. The first-order chi connectivity index (χ1) is 15.6. The lowest BCUT2D eigenvalue weighted by Gasteiger charge is -2.17. The van der Waals surface area contributed by atoms with Crippen LogP contribution in [0.5, 0.6) is 11.5 Å². The van der Waals surface area contributed by atoms with E-state index in [9.17, 15) is 9.59 Å². The fourth-order valence-electron chi connectivity index (χ4n) is 3.92. The Kier molecular flexibility index (Phi) is 6.99. The molecular weight excluding hydrogens is 426 g/mol. The van der Waals surface area contributed by atoms with E-state index in [1.807, 2.05) is 41.3 Å². The van der Waals surface area contributed by atoms with E-state index in [-0.39, 0.29) is 17.2 Å². The summed E-state index contributed by atoms with van der Waals surface area (Å²) < 4.78 is 12.4. The van der Waals surface area contributed by atoms with Crippen molar-refractivity contribution in [2.24, 2.45) is 0 Å². The molecule has 7 nitrogen and oxygen atoms in total. The molecule has 1 saturated heterocycles. The second-order valence-corrected chi connectivity index (χ2v) is 8.63. The van der Waals surface area contributed by atoms with Crippen LogP contribution in [-0.2, 0) is 17.8 Å². The number of fused-ring (bicyclic) bond motifs is 1. The van der Waals surface area contributed by atoms with Crippen LogP contribution < -0.4 is 15.0 Å². The summed E-state index contributed by atoms with van der Waals surface area (Å²) in [7, 11) is 3.20. The van der Waals surface area contributed by atoms with Gasteiger partial charge in [-0.15, -0.1) is 0 Å². The summed E-state index contributed by atoms with van der Waals surface area (Å²) >= 11 is 1.34. The fraction of sp³-hybridized carbons (Fsp3) is 0.375. The Balaban J connectivity index is 1.60. The Morgan fingerprint density at radius 1 is 1.06 bits per heavy atom. The molecule has 0 unspecified atom stereocenters. The van der Waals surface area contributed by atoms with Crippen LogP contribution in [0.4, 0.5) is 0 Å². The average molecular weight is 454 g/mol. The van der Waals surface area contributed by atoms with Crippen LogP contribution >= 0.6 is 11.8 Å². The van der Waals surface area contributed by atoms with Gasteiger partial charge in [-0.1, -0.05) is 30.0 Å². The number of hydrogen-bond donors (Lipinski definition) is 0. The summed E-state index contributed by atoms with van der Waals surface area (Å²) in [5, 5.41) is 1.15. The van der Waals surface area contributed by atoms with Crippen molar-refractivity contribution >= 4 is 28.6 Å². The number of para-hydroxylation sites is 1. The number of aromatic nitrogens is 2. The molecule has 0 aliphatic carbocycles. The molecule has 8 heteroatoms. The van der Waals surface area contributed by atoms with Crippen LogP contribution in [0, 0.1) is 0 Å². The van der Waals surface area contributed by atoms with Gasteiger partial charge in [0.15, 0.2) is 16.7 Å². The number of amides is 1. The van der Waals surface area contributed by atoms with Gasteiger partial charge in [0.25, 0.3) is 5.56 Å². The lowest BCUT2D eigenvalue weighted by Crippen LogP contribution is -2.30. The Labute approximate surface area is 191 Å². The number of hydrogen-bond acceptors (Lipinski definition) is 6. The first kappa shape index (κ1) is 22.2. The third-order valence-electron chi connectivity index (χ3n) is 5.68. The highest BCUT2D eigenvalue weighted by atomic mass is 32.2. The SMILES string of the molecule is COc1ccc(CCn2c(SCC(=O)N3CCCC3)nc3ccccc3c2=O)cc1OC. The molecule has 3 aromatic rings. The van der Waals surface area contributed by atoms with Gasteiger partial charge in [-0.05, 0) is 49.1 Å². The molecule has 0 bridgehead atoms. The maximum absolute atomic E-state index is 13.3. The Morgan fingerprint density at radius 2 is 1.81 bits per heavy atom. The van der Waals surface area contributed by atoms with E-state index >= 15 is 0 Å². The predicted octanol–water partition coefficient (Wildman–Crippen LogP) is 3.37. The zero-order valence-electron chi connectivity index (χ0n) is 18.4. The summed E-state index contributed by atoms with van der Waals surface area (Å²) in [6.45, 7) is 2.08. The van der Waals surface area contributed by atoms with Crippen molar-refractivity contribution in [2.45, 2.75) is 31.0 Å². The molecule has 0 N–H and O–H groups in total. The molecule has 1 aliphatic heterocycles. The van der Waals surface area contributed by atoms with Gasteiger partial charge >= 0.3 is 0 Å². The van der Waals surface area contributed by atoms with E-state index in [0.717, 1.165) is 31.5 Å². The van der Waals surface area contributed by atoms with Gasteiger partial charge in [-0.3, -0.25) is 14.2 Å². The quantitative estimate of drug-likeness (QED) is 0.385. The number of carbonyl (C=O) groups is 1. The van der Waals surface area contributed by atoms with Gasteiger partial charge in [-0.25, -0.2) is 4.98 Å². The van der Waals surface area contributed by atoms with E-state index in [1.165, 1.54) is 11.8 Å². The summed E-state index contributed by atoms with van der Waals surface area (Å²) in [6.07, 6.45) is 2.73. The molecule has 0 radical (unpaired) electrons. The minimum Gasteiger partial charge on any atom is -0.493 e. The average Bonchev–Trinajstić information content (AvgIpc) is 3.37. The predicted molar refractivity (Wildman–Crippen MR) is 126 cm³/mol. The largest absolute Gasteiger partial charge is 0.493 e. The van der Waals surface area contributed by atoms with E-state index in [4.69, 9.17) is 14.5 Å². The molecule has 2 heterocycles. The smallest absolute Gasteiger partial charge is 0.262 e. The van der Waals surface area contributed by atoms with Crippen LogP contribution in [0.2, 0.25) is 0 Å². The number of likely N-dealkylation sites (tertiary alicyclic amines) is 1. The second kappa shape index (κ2) is 10.1. The van der Waals surface area contributed by atoms with Crippen molar-refractivity contribution in [1.82, 2.24) is 14.5 Å². The number of ether oxygens (including phenoxy) is 2. The summed E-state index contributed by atoms with van der Waals surface area (Å²) in [4.78, 5) is 32.4. The number of carbonyl (C=O) groups excluding carboxylic acids is 1. The highest BCUT2D eigenvalue weighted by Gasteiger charge is 2.20. The normalized spacial score (nSPS) is 13.5. The first-order valence-electron chi connectivity index (χ1n) is 10.7. The molecule has 4 rings (SSSR count). The van der Waals surface area contributed by atoms with Crippen LogP contribution in [-0.4, -0.2) is 53.4 Å². The number of benzene rings is 2. The van der Waals surface area contributed by atoms with E-state index < -0.39 is 0 Å². The van der Waals surface area contributed by atoms with Gasteiger partial charge in [0, 0.05) is 19.6 Å². The van der Waals surface area contributed by atoms with Crippen molar-refractivity contribution in [1.29, 1.82) is 0 Å². The fourth-order valence-corrected chi connectivity index (χ4v) is 4.84. The van der Waals surface area contributed by atoms with Crippen LogP contribution in [0.25, 0.3) is 10.9 Å². The van der Waals surface area contributed by atoms with Gasteiger partial charge < -0.3 is 14.4 Å². The molecule has 0 spiro atoms. The van der Waals surface area contributed by atoms with Gasteiger partial charge in [0.1, 0.15) is 0 Å². The molecule has 1 amide bonds. The number of aryl methyl sites for hydroxylation is 1. The molecule has 2 aromatic carbocycles. The van der Waals surface area contributed by atoms with E-state index in [1.54, 1.807) is 24.9 Å². The molecule has 0 atom stereocenters. The highest BCUT2D eigenvalue weighted by molar-refractivity contribution is 7.99. The van der Waals surface area contributed by atoms with Gasteiger partial charge in [0.2, 0.25) is 5.91 Å². The maximum atomic E-state index is 13.3. The topological polar surface area (TPSA) is 73.7 Å². The number of nitrogens with zero attached hydrogens (tertiary/aromatic N) is 3. The van der Waals surface area contributed by atoms with Crippen LogP contribution in [0.15, 0.2) is 52.4 Å². The first-order valence-corrected chi connectivity index (χ1v) is 11.7. The minimum absolute atomic E-state index is 0.0906. The molecule has 32 heavy (non-hydrogen) atoms. The van der Waals surface area contributed by atoms with Gasteiger partial charge in [-0.2, -0.15) is 0 Å². The standard InChI is InChI=1S/C24H27N3O4S/c1-30-20-10-9-17(15-21(20)31-2)11-14-27-23(29)18-7-3-4-8-19(18)25-24(27)32-16-22(28)26-12-5-6-13-26/h3-4,7-10,15H,5-6,11-14,16H2,1-2H3. The maximum Gasteiger partial charge on any atom is 0.262 e. The Morgan fingerprint density at radius 3 is 2.56 bits per heavy atom. The number of methoxy groups -OCH3 is 2. The minimum atomic E-state index is -0.0906. The van der Waals surface area contributed by atoms with Crippen molar-refractivity contribution in [2.75, 3.05) is 33.1 Å². The van der Waals surface area contributed by atoms with Crippen molar-refractivity contribution in [3.63, 3.8) is 0 Å². The summed E-state index contributed by atoms with van der Waals surface area (Å²) in [6, 6.07) is 13.1. The monoisotopic (exact) mass is 453 g/mol.